The maximum Gasteiger partial charge on any atom is 0.0900 e. The van der Waals surface area contributed by atoms with Crippen LogP contribution in [0.4, 0.5) is 0 Å². The molecule has 1 heterocycles. The summed E-state index contributed by atoms with van der Waals surface area (Å²) in [5.41, 5.74) is 0. The Hall–Kier alpha value is -0.670. The van der Waals surface area contributed by atoms with E-state index in [0.717, 1.165) is 38.9 Å². The number of aliphatic hydroxyl groups excluding tert-OH is 1. The SMILES string of the molecule is N#CCN(CC(O)COC1CCOCC1)C1CCCC1. The lowest BCUT2D eigenvalue weighted by Gasteiger charge is -2.29. The van der Waals surface area contributed by atoms with Crippen LogP contribution >= 0.6 is 0 Å². The van der Waals surface area contributed by atoms with Crippen molar-refractivity contribution in [1.82, 2.24) is 4.90 Å². The highest BCUT2D eigenvalue weighted by molar-refractivity contribution is 4.86. The number of ether oxygens (including phenoxy) is 2. The van der Waals surface area contributed by atoms with E-state index in [1.807, 2.05) is 0 Å². The monoisotopic (exact) mass is 282 g/mol. The third-order valence-corrected chi connectivity index (χ3v) is 4.25. The van der Waals surface area contributed by atoms with Crippen LogP contribution in [0.25, 0.3) is 0 Å². The lowest BCUT2D eigenvalue weighted by Crippen LogP contribution is -2.41. The molecule has 1 aliphatic heterocycles. The zero-order chi connectivity index (χ0) is 14.2. The minimum absolute atomic E-state index is 0.217. The van der Waals surface area contributed by atoms with E-state index in [2.05, 4.69) is 11.0 Å². The molecule has 1 saturated heterocycles. The van der Waals surface area contributed by atoms with Gasteiger partial charge in [0.05, 0.1) is 31.4 Å². The van der Waals surface area contributed by atoms with Gasteiger partial charge in [0.15, 0.2) is 0 Å². The normalized spacial score (nSPS) is 23.1. The first-order valence-electron chi connectivity index (χ1n) is 7.78. The molecule has 5 heteroatoms. The van der Waals surface area contributed by atoms with E-state index in [4.69, 9.17) is 14.7 Å². The summed E-state index contributed by atoms with van der Waals surface area (Å²) >= 11 is 0. The van der Waals surface area contributed by atoms with Gasteiger partial charge in [0, 0.05) is 25.8 Å². The predicted octanol–water partition coefficient (Wildman–Crippen LogP) is 1.31. The highest BCUT2D eigenvalue weighted by Gasteiger charge is 2.25. The molecule has 0 aromatic rings. The van der Waals surface area contributed by atoms with Crippen LogP contribution in [-0.4, -0.2) is 61.2 Å². The molecule has 1 N–H and O–H groups in total. The van der Waals surface area contributed by atoms with Gasteiger partial charge in [0.2, 0.25) is 0 Å². The molecular weight excluding hydrogens is 256 g/mol. The van der Waals surface area contributed by atoms with Crippen LogP contribution in [0.3, 0.4) is 0 Å². The number of hydrogen-bond acceptors (Lipinski definition) is 5. The Labute approximate surface area is 121 Å². The molecule has 2 rings (SSSR count). The number of nitriles is 1. The second kappa shape index (κ2) is 8.58. The second-order valence-corrected chi connectivity index (χ2v) is 5.82. The molecule has 1 saturated carbocycles. The summed E-state index contributed by atoms with van der Waals surface area (Å²) in [6, 6.07) is 2.68. The summed E-state index contributed by atoms with van der Waals surface area (Å²) in [6.07, 6.45) is 6.31. The Morgan fingerprint density at radius 1 is 1.25 bits per heavy atom. The maximum atomic E-state index is 10.1. The van der Waals surface area contributed by atoms with Gasteiger partial charge in [0.25, 0.3) is 0 Å². The van der Waals surface area contributed by atoms with Crippen LogP contribution in [0, 0.1) is 11.3 Å². The molecule has 0 amide bonds. The van der Waals surface area contributed by atoms with E-state index < -0.39 is 6.10 Å². The van der Waals surface area contributed by atoms with Gasteiger partial charge in [0.1, 0.15) is 0 Å². The summed E-state index contributed by atoms with van der Waals surface area (Å²) in [5.74, 6) is 0. The maximum absolute atomic E-state index is 10.1. The largest absolute Gasteiger partial charge is 0.389 e. The average Bonchev–Trinajstić information content (AvgIpc) is 3.00. The summed E-state index contributed by atoms with van der Waals surface area (Å²) in [6.45, 7) is 2.81. The smallest absolute Gasteiger partial charge is 0.0900 e. The fraction of sp³-hybridized carbons (Fsp3) is 0.933. The molecule has 0 radical (unpaired) electrons. The summed E-state index contributed by atoms with van der Waals surface area (Å²) in [4.78, 5) is 2.12. The molecule has 2 aliphatic rings. The van der Waals surface area contributed by atoms with Gasteiger partial charge in [-0.1, -0.05) is 12.8 Å². The standard InChI is InChI=1S/C15H26N2O3/c16-7-8-17(13-3-1-2-4-13)11-14(18)12-20-15-5-9-19-10-6-15/h13-15,18H,1-6,8-12H2. The molecule has 1 atom stereocenters. The Morgan fingerprint density at radius 3 is 2.60 bits per heavy atom. The third kappa shape index (κ3) is 5.02. The number of hydrogen-bond donors (Lipinski definition) is 1. The third-order valence-electron chi connectivity index (χ3n) is 4.25. The molecule has 1 aliphatic carbocycles. The Kier molecular flexibility index (Phi) is 6.74. The van der Waals surface area contributed by atoms with Crippen molar-refractivity contribution in [2.24, 2.45) is 0 Å². The van der Waals surface area contributed by atoms with E-state index in [9.17, 15) is 5.11 Å². The van der Waals surface area contributed by atoms with Crippen molar-refractivity contribution < 1.29 is 14.6 Å². The molecule has 2 fully saturated rings. The molecule has 0 aromatic carbocycles. The van der Waals surface area contributed by atoms with E-state index in [0.29, 0.717) is 25.7 Å². The highest BCUT2D eigenvalue weighted by atomic mass is 16.5. The average molecular weight is 282 g/mol. The minimum Gasteiger partial charge on any atom is -0.389 e. The lowest BCUT2D eigenvalue weighted by molar-refractivity contribution is -0.0652. The first kappa shape index (κ1) is 15.7. The summed E-state index contributed by atoms with van der Waals surface area (Å²) in [5, 5.41) is 19.1. The van der Waals surface area contributed by atoms with Crippen LogP contribution < -0.4 is 0 Å². The summed E-state index contributed by atoms with van der Waals surface area (Å²) in [7, 11) is 0. The van der Waals surface area contributed by atoms with Crippen molar-refractivity contribution in [3.05, 3.63) is 0 Å². The molecule has 20 heavy (non-hydrogen) atoms. The van der Waals surface area contributed by atoms with Gasteiger partial charge in [-0.15, -0.1) is 0 Å². The first-order valence-corrected chi connectivity index (χ1v) is 7.78. The quantitative estimate of drug-likeness (QED) is 0.713. The van der Waals surface area contributed by atoms with Crippen molar-refractivity contribution in [3.8, 4) is 6.07 Å². The van der Waals surface area contributed by atoms with Crippen molar-refractivity contribution in [2.75, 3.05) is 32.9 Å². The highest BCUT2D eigenvalue weighted by Crippen LogP contribution is 2.23. The first-order chi connectivity index (χ1) is 9.79. The molecule has 0 bridgehead atoms. The second-order valence-electron chi connectivity index (χ2n) is 5.82. The molecule has 0 spiro atoms. The van der Waals surface area contributed by atoms with E-state index >= 15 is 0 Å². The number of rotatable bonds is 7. The molecule has 0 aromatic heterocycles. The van der Waals surface area contributed by atoms with E-state index in [1.165, 1.54) is 12.8 Å². The van der Waals surface area contributed by atoms with E-state index in [1.54, 1.807) is 0 Å². The van der Waals surface area contributed by atoms with Gasteiger partial charge in [-0.3, -0.25) is 4.90 Å². The minimum atomic E-state index is -0.508. The van der Waals surface area contributed by atoms with Gasteiger partial charge in [-0.05, 0) is 25.7 Å². The van der Waals surface area contributed by atoms with Crippen LogP contribution in [0.2, 0.25) is 0 Å². The van der Waals surface area contributed by atoms with Crippen molar-refractivity contribution in [2.45, 2.75) is 56.8 Å². The zero-order valence-electron chi connectivity index (χ0n) is 12.2. The lowest BCUT2D eigenvalue weighted by atomic mass is 10.1. The summed E-state index contributed by atoms with van der Waals surface area (Å²) < 4.78 is 11.0. The Bertz CT molecular complexity index is 307. The fourth-order valence-electron chi connectivity index (χ4n) is 3.12. The van der Waals surface area contributed by atoms with Gasteiger partial charge < -0.3 is 14.6 Å². The van der Waals surface area contributed by atoms with Crippen molar-refractivity contribution >= 4 is 0 Å². The van der Waals surface area contributed by atoms with Gasteiger partial charge >= 0.3 is 0 Å². The number of aliphatic hydroxyl groups is 1. The predicted molar refractivity (Wildman–Crippen MR) is 75.2 cm³/mol. The van der Waals surface area contributed by atoms with Gasteiger partial charge in [-0.25, -0.2) is 0 Å². The Morgan fingerprint density at radius 2 is 1.95 bits per heavy atom. The van der Waals surface area contributed by atoms with Crippen molar-refractivity contribution in [1.29, 1.82) is 5.26 Å². The molecule has 5 nitrogen and oxygen atoms in total. The zero-order valence-corrected chi connectivity index (χ0v) is 12.2. The molecular formula is C15H26N2O3. The fourth-order valence-corrected chi connectivity index (χ4v) is 3.12. The van der Waals surface area contributed by atoms with Crippen LogP contribution in [0.15, 0.2) is 0 Å². The van der Waals surface area contributed by atoms with Crippen LogP contribution in [0.1, 0.15) is 38.5 Å². The van der Waals surface area contributed by atoms with Gasteiger partial charge in [-0.2, -0.15) is 5.26 Å². The topological polar surface area (TPSA) is 65.7 Å². The number of nitrogens with zero attached hydrogens (tertiary/aromatic N) is 2. The Balaban J connectivity index is 1.70. The van der Waals surface area contributed by atoms with Crippen LogP contribution in [0.5, 0.6) is 0 Å². The van der Waals surface area contributed by atoms with Crippen LogP contribution in [-0.2, 0) is 9.47 Å². The van der Waals surface area contributed by atoms with E-state index in [-0.39, 0.29) is 6.10 Å². The van der Waals surface area contributed by atoms with Crippen molar-refractivity contribution in [3.63, 3.8) is 0 Å². The molecule has 114 valence electrons. The molecule has 1 unspecified atom stereocenters.